The summed E-state index contributed by atoms with van der Waals surface area (Å²) in [6.07, 6.45) is 3.79. The molecular formula is C18H18OS. The molecule has 3 rings (SSSR count). The van der Waals surface area contributed by atoms with Crippen molar-refractivity contribution in [3.05, 3.63) is 64.7 Å². The van der Waals surface area contributed by atoms with Gasteiger partial charge in [0, 0.05) is 16.2 Å². The fourth-order valence-electron chi connectivity index (χ4n) is 2.67. The van der Waals surface area contributed by atoms with Crippen molar-refractivity contribution in [2.75, 3.05) is 0 Å². The summed E-state index contributed by atoms with van der Waals surface area (Å²) in [6, 6.07) is 14.8. The molecule has 1 aliphatic carbocycles. The summed E-state index contributed by atoms with van der Waals surface area (Å²) in [5, 5.41) is 0. The first-order chi connectivity index (χ1) is 9.72. The van der Waals surface area contributed by atoms with Crippen LogP contribution in [0.4, 0.5) is 0 Å². The smallest absolute Gasteiger partial charge is 0.159 e. The van der Waals surface area contributed by atoms with Gasteiger partial charge in [0.15, 0.2) is 5.78 Å². The zero-order valence-electron chi connectivity index (χ0n) is 11.7. The predicted molar refractivity (Wildman–Crippen MR) is 84.5 cm³/mol. The molecule has 2 aromatic carbocycles. The van der Waals surface area contributed by atoms with Crippen LogP contribution in [0.2, 0.25) is 0 Å². The van der Waals surface area contributed by atoms with Gasteiger partial charge >= 0.3 is 0 Å². The molecule has 0 aliphatic heterocycles. The SMILES string of the molecule is CC(=O)c1ccc(SCc2ccc3c(c2)CCC3)cc1. The largest absolute Gasteiger partial charge is 0.295 e. The zero-order chi connectivity index (χ0) is 13.9. The van der Waals surface area contributed by atoms with Crippen LogP contribution in [0, 0.1) is 0 Å². The molecule has 102 valence electrons. The van der Waals surface area contributed by atoms with E-state index in [1.54, 1.807) is 6.92 Å². The van der Waals surface area contributed by atoms with Gasteiger partial charge in [-0.05, 0) is 55.0 Å². The third kappa shape index (κ3) is 2.96. The molecule has 20 heavy (non-hydrogen) atoms. The zero-order valence-corrected chi connectivity index (χ0v) is 12.5. The van der Waals surface area contributed by atoms with Gasteiger partial charge in [-0.15, -0.1) is 11.8 Å². The Labute approximate surface area is 124 Å². The van der Waals surface area contributed by atoms with E-state index in [4.69, 9.17) is 0 Å². The molecule has 0 heterocycles. The Balaban J connectivity index is 1.65. The third-order valence-corrected chi connectivity index (χ3v) is 4.91. The summed E-state index contributed by atoms with van der Waals surface area (Å²) in [5.74, 6) is 1.12. The molecule has 0 unspecified atom stereocenters. The van der Waals surface area contributed by atoms with Crippen molar-refractivity contribution in [1.82, 2.24) is 0 Å². The van der Waals surface area contributed by atoms with Gasteiger partial charge in [0.2, 0.25) is 0 Å². The van der Waals surface area contributed by atoms with Crippen molar-refractivity contribution in [3.8, 4) is 0 Å². The van der Waals surface area contributed by atoms with Crippen molar-refractivity contribution in [2.24, 2.45) is 0 Å². The van der Waals surface area contributed by atoms with Crippen LogP contribution in [0.5, 0.6) is 0 Å². The van der Waals surface area contributed by atoms with Crippen LogP contribution in [0.1, 0.15) is 40.4 Å². The number of rotatable bonds is 4. The van der Waals surface area contributed by atoms with E-state index in [2.05, 4.69) is 18.2 Å². The summed E-state index contributed by atoms with van der Waals surface area (Å²) in [7, 11) is 0. The summed E-state index contributed by atoms with van der Waals surface area (Å²) < 4.78 is 0. The van der Waals surface area contributed by atoms with E-state index in [9.17, 15) is 4.79 Å². The summed E-state index contributed by atoms with van der Waals surface area (Å²) in [6.45, 7) is 1.60. The van der Waals surface area contributed by atoms with Gasteiger partial charge in [0.25, 0.3) is 0 Å². The van der Waals surface area contributed by atoms with Gasteiger partial charge in [-0.1, -0.05) is 30.3 Å². The predicted octanol–water partition coefficient (Wildman–Crippen LogP) is 4.67. The van der Waals surface area contributed by atoms with Crippen LogP contribution >= 0.6 is 11.8 Å². The maximum absolute atomic E-state index is 11.2. The lowest BCUT2D eigenvalue weighted by molar-refractivity contribution is 0.101. The van der Waals surface area contributed by atoms with Crippen molar-refractivity contribution < 1.29 is 4.79 Å². The minimum atomic E-state index is 0.125. The number of thioether (sulfide) groups is 1. The maximum Gasteiger partial charge on any atom is 0.159 e. The highest BCUT2D eigenvalue weighted by atomic mass is 32.2. The fourth-order valence-corrected chi connectivity index (χ4v) is 3.51. The minimum Gasteiger partial charge on any atom is -0.295 e. The summed E-state index contributed by atoms with van der Waals surface area (Å²) >= 11 is 1.83. The van der Waals surface area contributed by atoms with E-state index < -0.39 is 0 Å². The van der Waals surface area contributed by atoms with E-state index in [0.717, 1.165) is 11.3 Å². The Kier molecular flexibility index (Phi) is 3.93. The Hall–Kier alpha value is -1.54. The van der Waals surface area contributed by atoms with E-state index in [0.29, 0.717) is 0 Å². The molecule has 0 aromatic heterocycles. The standard InChI is InChI=1S/C18H18OS/c1-13(19)15-7-9-18(10-8-15)20-12-14-5-6-16-3-2-4-17(16)11-14/h5-11H,2-4,12H2,1H3. The first-order valence-corrected chi connectivity index (χ1v) is 8.05. The number of ketones is 1. The average Bonchev–Trinajstić information content (AvgIpc) is 2.93. The van der Waals surface area contributed by atoms with Crippen LogP contribution in [0.25, 0.3) is 0 Å². The number of Topliss-reactive ketones (excluding diaryl/α,β-unsaturated/α-hetero) is 1. The van der Waals surface area contributed by atoms with Crippen molar-refractivity contribution in [3.63, 3.8) is 0 Å². The van der Waals surface area contributed by atoms with Gasteiger partial charge in [-0.2, -0.15) is 0 Å². The lowest BCUT2D eigenvalue weighted by Gasteiger charge is -2.05. The monoisotopic (exact) mass is 282 g/mol. The molecule has 1 nitrogen and oxygen atoms in total. The molecule has 0 radical (unpaired) electrons. The lowest BCUT2D eigenvalue weighted by atomic mass is 10.1. The Morgan fingerprint density at radius 2 is 1.80 bits per heavy atom. The van der Waals surface area contributed by atoms with Gasteiger partial charge in [-0.25, -0.2) is 0 Å². The lowest BCUT2D eigenvalue weighted by Crippen LogP contribution is -1.90. The highest BCUT2D eigenvalue weighted by Gasteiger charge is 2.10. The molecule has 1 aliphatic rings. The maximum atomic E-state index is 11.2. The van der Waals surface area contributed by atoms with Gasteiger partial charge < -0.3 is 0 Å². The Bertz CT molecular complexity index is 628. The molecule has 0 amide bonds. The first kappa shape index (κ1) is 13.4. The number of fused-ring (bicyclic) bond motifs is 1. The van der Waals surface area contributed by atoms with Gasteiger partial charge in [0.05, 0.1) is 0 Å². The molecule has 0 atom stereocenters. The fraction of sp³-hybridized carbons (Fsp3) is 0.278. The van der Waals surface area contributed by atoms with Crippen LogP contribution in [0.15, 0.2) is 47.4 Å². The van der Waals surface area contributed by atoms with Crippen LogP contribution in [-0.2, 0) is 18.6 Å². The van der Waals surface area contributed by atoms with Gasteiger partial charge in [0.1, 0.15) is 0 Å². The van der Waals surface area contributed by atoms with E-state index in [1.807, 2.05) is 36.0 Å². The van der Waals surface area contributed by atoms with Crippen LogP contribution in [-0.4, -0.2) is 5.78 Å². The second-order valence-corrected chi connectivity index (χ2v) is 6.37. The van der Waals surface area contributed by atoms with E-state index in [-0.39, 0.29) is 5.78 Å². The minimum absolute atomic E-state index is 0.125. The van der Waals surface area contributed by atoms with E-state index in [1.165, 1.54) is 40.8 Å². The highest BCUT2D eigenvalue weighted by Crippen LogP contribution is 2.27. The second-order valence-electron chi connectivity index (χ2n) is 5.33. The molecule has 0 bridgehead atoms. The molecule has 0 saturated carbocycles. The number of aryl methyl sites for hydroxylation is 2. The molecule has 0 N–H and O–H groups in total. The first-order valence-electron chi connectivity index (χ1n) is 7.07. The molecule has 0 spiro atoms. The third-order valence-electron chi connectivity index (χ3n) is 3.83. The van der Waals surface area contributed by atoms with Gasteiger partial charge in [-0.3, -0.25) is 4.79 Å². The topological polar surface area (TPSA) is 17.1 Å². The van der Waals surface area contributed by atoms with Crippen molar-refractivity contribution in [2.45, 2.75) is 36.8 Å². The molecular weight excluding hydrogens is 264 g/mol. The molecule has 2 aromatic rings. The molecule has 2 heteroatoms. The van der Waals surface area contributed by atoms with E-state index >= 15 is 0 Å². The number of hydrogen-bond donors (Lipinski definition) is 0. The average molecular weight is 282 g/mol. The second kappa shape index (κ2) is 5.84. The Morgan fingerprint density at radius 1 is 1.05 bits per heavy atom. The van der Waals surface area contributed by atoms with Crippen molar-refractivity contribution in [1.29, 1.82) is 0 Å². The summed E-state index contributed by atoms with van der Waals surface area (Å²) in [5.41, 5.74) is 5.25. The number of carbonyl (C=O) groups excluding carboxylic acids is 1. The van der Waals surface area contributed by atoms with Crippen LogP contribution in [0.3, 0.4) is 0 Å². The van der Waals surface area contributed by atoms with Crippen LogP contribution < -0.4 is 0 Å². The quantitative estimate of drug-likeness (QED) is 0.599. The summed E-state index contributed by atoms with van der Waals surface area (Å²) in [4.78, 5) is 12.5. The normalized spacial score (nSPS) is 13.2. The molecule has 0 fully saturated rings. The molecule has 0 saturated heterocycles. The number of benzene rings is 2. The number of carbonyl (C=O) groups is 1. The van der Waals surface area contributed by atoms with Crippen molar-refractivity contribution >= 4 is 17.5 Å². The number of hydrogen-bond acceptors (Lipinski definition) is 2. The Morgan fingerprint density at radius 3 is 2.55 bits per heavy atom. The highest BCUT2D eigenvalue weighted by molar-refractivity contribution is 7.98.